The van der Waals surface area contributed by atoms with Crippen LogP contribution in [0.1, 0.15) is 12.0 Å². The molecule has 6 heteroatoms. The maximum Gasteiger partial charge on any atom is 0.409 e. The highest BCUT2D eigenvalue weighted by molar-refractivity contribution is 5.77. The van der Waals surface area contributed by atoms with E-state index >= 15 is 0 Å². The van der Waals surface area contributed by atoms with Crippen LogP contribution in [-0.4, -0.2) is 79.1 Å². The molecule has 0 atom stereocenters. The van der Waals surface area contributed by atoms with Gasteiger partial charge in [-0.05, 0) is 5.56 Å². The van der Waals surface area contributed by atoms with Gasteiger partial charge in [0, 0.05) is 45.7 Å². The number of piperazine rings is 1. The largest absolute Gasteiger partial charge is 0.448 e. The van der Waals surface area contributed by atoms with Crippen molar-refractivity contribution < 1.29 is 14.3 Å². The Morgan fingerprint density at radius 3 is 2.52 bits per heavy atom. The second-order valence-electron chi connectivity index (χ2n) is 6.35. The molecule has 0 saturated carbocycles. The molecule has 25 heavy (non-hydrogen) atoms. The fourth-order valence-corrected chi connectivity index (χ4v) is 3.10. The predicted molar refractivity (Wildman–Crippen MR) is 96.0 cm³/mol. The topological polar surface area (TPSA) is 53.1 Å². The lowest BCUT2D eigenvalue weighted by Crippen LogP contribution is -2.49. The van der Waals surface area contributed by atoms with Crippen LogP contribution in [0, 0.1) is 0 Å². The first-order chi connectivity index (χ1) is 12.2. The normalized spacial score (nSPS) is 18.8. The molecule has 2 saturated heterocycles. The number of carbonyl (C=O) groups excluding carboxylic acids is 2. The summed E-state index contributed by atoms with van der Waals surface area (Å²) in [5.74, 6) is 0.124. The summed E-state index contributed by atoms with van der Waals surface area (Å²) >= 11 is 0. The third kappa shape index (κ3) is 5.06. The number of benzene rings is 1. The molecule has 0 radical (unpaired) electrons. The Morgan fingerprint density at radius 1 is 1.08 bits per heavy atom. The Labute approximate surface area is 148 Å². The number of amides is 2. The first-order valence-electron chi connectivity index (χ1n) is 8.86. The van der Waals surface area contributed by atoms with Gasteiger partial charge in [0.25, 0.3) is 0 Å². The second kappa shape index (κ2) is 8.67. The molecule has 6 nitrogen and oxygen atoms in total. The van der Waals surface area contributed by atoms with Crippen molar-refractivity contribution in [3.8, 4) is 0 Å². The van der Waals surface area contributed by atoms with Crippen molar-refractivity contribution in [3.63, 3.8) is 0 Å². The van der Waals surface area contributed by atoms with Crippen LogP contribution in [0.4, 0.5) is 4.79 Å². The van der Waals surface area contributed by atoms with E-state index in [1.807, 2.05) is 23.1 Å². The van der Waals surface area contributed by atoms with E-state index in [1.165, 1.54) is 5.56 Å². The predicted octanol–water partition coefficient (Wildman–Crippen LogP) is 1.69. The van der Waals surface area contributed by atoms with Gasteiger partial charge in [0.05, 0.1) is 6.54 Å². The summed E-state index contributed by atoms with van der Waals surface area (Å²) in [6.07, 6.45) is 4.38. The van der Waals surface area contributed by atoms with Crippen LogP contribution < -0.4 is 0 Å². The third-order valence-electron chi connectivity index (χ3n) is 4.64. The Bertz CT molecular complexity index is 610. The molecule has 2 amide bonds. The smallest absolute Gasteiger partial charge is 0.409 e. The molecule has 1 aromatic carbocycles. The monoisotopic (exact) mass is 343 g/mol. The van der Waals surface area contributed by atoms with Crippen LogP contribution in [0.25, 0.3) is 6.08 Å². The quantitative estimate of drug-likeness (QED) is 0.789. The number of nitrogens with zero attached hydrogens (tertiary/aromatic N) is 3. The zero-order chi connectivity index (χ0) is 17.5. The molecule has 0 bridgehead atoms. The highest BCUT2D eigenvalue weighted by atomic mass is 16.6. The van der Waals surface area contributed by atoms with Crippen molar-refractivity contribution in [2.24, 2.45) is 0 Å². The lowest BCUT2D eigenvalue weighted by Gasteiger charge is -2.34. The minimum absolute atomic E-state index is 0.124. The van der Waals surface area contributed by atoms with Crippen molar-refractivity contribution in [3.05, 3.63) is 42.0 Å². The van der Waals surface area contributed by atoms with E-state index in [9.17, 15) is 9.59 Å². The van der Waals surface area contributed by atoms with Gasteiger partial charge < -0.3 is 14.5 Å². The number of hydrogen-bond donors (Lipinski definition) is 0. The minimum atomic E-state index is -0.303. The summed E-state index contributed by atoms with van der Waals surface area (Å²) in [7, 11) is 0. The van der Waals surface area contributed by atoms with E-state index in [2.05, 4.69) is 29.2 Å². The van der Waals surface area contributed by atoms with E-state index in [0.29, 0.717) is 26.1 Å². The van der Waals surface area contributed by atoms with E-state index in [-0.39, 0.29) is 12.0 Å². The Balaban J connectivity index is 1.35. The average molecular weight is 343 g/mol. The standard InChI is InChI=1S/C19H25N3O3/c23-18(8-10-22-15-16-25-19(22)24)21-13-11-20(12-14-21)9-4-7-17-5-2-1-3-6-17/h1-7H,8-16H2/b7-4+. The summed E-state index contributed by atoms with van der Waals surface area (Å²) < 4.78 is 4.88. The summed E-state index contributed by atoms with van der Waals surface area (Å²) in [5.41, 5.74) is 1.21. The summed E-state index contributed by atoms with van der Waals surface area (Å²) in [6, 6.07) is 10.3. The van der Waals surface area contributed by atoms with E-state index in [1.54, 1.807) is 4.90 Å². The third-order valence-corrected chi connectivity index (χ3v) is 4.64. The molecule has 2 fully saturated rings. The molecule has 3 rings (SSSR count). The van der Waals surface area contributed by atoms with E-state index in [4.69, 9.17) is 4.74 Å². The Morgan fingerprint density at radius 2 is 1.84 bits per heavy atom. The average Bonchev–Trinajstić information content (AvgIpc) is 3.06. The van der Waals surface area contributed by atoms with Crippen LogP contribution in [0.5, 0.6) is 0 Å². The number of ether oxygens (including phenoxy) is 1. The maximum atomic E-state index is 12.3. The Hall–Kier alpha value is -2.34. The molecule has 2 aliphatic heterocycles. The summed E-state index contributed by atoms with van der Waals surface area (Å²) in [4.78, 5) is 29.5. The van der Waals surface area contributed by atoms with Crippen LogP contribution in [-0.2, 0) is 9.53 Å². The number of cyclic esters (lactones) is 1. The van der Waals surface area contributed by atoms with Gasteiger partial charge in [-0.25, -0.2) is 4.79 Å². The van der Waals surface area contributed by atoms with Gasteiger partial charge in [-0.3, -0.25) is 9.69 Å². The summed E-state index contributed by atoms with van der Waals surface area (Å²) in [6.45, 7) is 5.65. The van der Waals surface area contributed by atoms with Gasteiger partial charge in [0.15, 0.2) is 0 Å². The molecule has 0 spiro atoms. The molecule has 0 N–H and O–H groups in total. The lowest BCUT2D eigenvalue weighted by atomic mass is 10.2. The Kier molecular flexibility index (Phi) is 6.06. The highest BCUT2D eigenvalue weighted by Crippen LogP contribution is 2.08. The van der Waals surface area contributed by atoms with E-state index < -0.39 is 0 Å². The van der Waals surface area contributed by atoms with Crippen molar-refractivity contribution >= 4 is 18.1 Å². The van der Waals surface area contributed by atoms with Gasteiger partial charge in [0.2, 0.25) is 5.91 Å². The molecule has 134 valence electrons. The highest BCUT2D eigenvalue weighted by Gasteiger charge is 2.25. The minimum Gasteiger partial charge on any atom is -0.448 e. The zero-order valence-corrected chi connectivity index (χ0v) is 14.5. The van der Waals surface area contributed by atoms with Crippen LogP contribution in [0.15, 0.2) is 36.4 Å². The summed E-state index contributed by atoms with van der Waals surface area (Å²) in [5, 5.41) is 0. The second-order valence-corrected chi connectivity index (χ2v) is 6.35. The first-order valence-corrected chi connectivity index (χ1v) is 8.86. The van der Waals surface area contributed by atoms with Gasteiger partial charge in [0.1, 0.15) is 6.61 Å². The fraction of sp³-hybridized carbons (Fsp3) is 0.474. The van der Waals surface area contributed by atoms with Gasteiger partial charge in [-0.15, -0.1) is 0 Å². The van der Waals surface area contributed by atoms with Crippen LogP contribution >= 0.6 is 0 Å². The fourth-order valence-electron chi connectivity index (χ4n) is 3.10. The van der Waals surface area contributed by atoms with Crippen molar-refractivity contribution in [1.82, 2.24) is 14.7 Å². The van der Waals surface area contributed by atoms with Crippen molar-refractivity contribution in [2.75, 3.05) is 52.4 Å². The number of rotatable bonds is 6. The molecule has 2 aliphatic rings. The molecule has 1 aromatic rings. The van der Waals surface area contributed by atoms with Crippen LogP contribution in [0.2, 0.25) is 0 Å². The first kappa shape index (κ1) is 17.5. The van der Waals surface area contributed by atoms with Gasteiger partial charge >= 0.3 is 6.09 Å². The number of hydrogen-bond acceptors (Lipinski definition) is 4. The van der Waals surface area contributed by atoms with Crippen molar-refractivity contribution in [1.29, 1.82) is 0 Å². The SMILES string of the molecule is O=C(CCN1CCOC1=O)N1CCN(C/C=C/c2ccccc2)CC1. The molecular weight excluding hydrogens is 318 g/mol. The number of carbonyl (C=O) groups is 2. The van der Waals surface area contributed by atoms with Gasteiger partial charge in [-0.1, -0.05) is 42.5 Å². The van der Waals surface area contributed by atoms with Crippen molar-refractivity contribution in [2.45, 2.75) is 6.42 Å². The lowest BCUT2D eigenvalue weighted by molar-refractivity contribution is -0.133. The molecule has 0 aliphatic carbocycles. The molecule has 0 aromatic heterocycles. The molecular formula is C19H25N3O3. The van der Waals surface area contributed by atoms with Crippen LogP contribution in [0.3, 0.4) is 0 Å². The molecule has 0 unspecified atom stereocenters. The maximum absolute atomic E-state index is 12.3. The van der Waals surface area contributed by atoms with Gasteiger partial charge in [-0.2, -0.15) is 0 Å². The molecule has 2 heterocycles. The van der Waals surface area contributed by atoms with E-state index in [0.717, 1.165) is 32.7 Å². The zero-order valence-electron chi connectivity index (χ0n) is 14.5.